The number of anilines is 1. The van der Waals surface area contributed by atoms with Crippen LogP contribution in [-0.2, 0) is 0 Å². The molecule has 0 amide bonds. The smallest absolute Gasteiger partial charge is 0.233 e. The summed E-state index contributed by atoms with van der Waals surface area (Å²) in [5, 5.41) is 0. The molecule has 0 radical (unpaired) electrons. The van der Waals surface area contributed by atoms with Crippen molar-refractivity contribution in [1.82, 2.24) is 4.98 Å². The third-order valence-electron chi connectivity index (χ3n) is 1.95. The molecule has 0 atom stereocenters. The topological polar surface area (TPSA) is 48.1 Å². The summed E-state index contributed by atoms with van der Waals surface area (Å²) >= 11 is 6.59. The Morgan fingerprint density at radius 1 is 1.24 bits per heavy atom. The number of nitrogens with zero attached hydrogens (tertiary/aromatic N) is 1. The predicted molar refractivity (Wildman–Crippen MR) is 70.5 cm³/mol. The van der Waals surface area contributed by atoms with Gasteiger partial charge in [0.15, 0.2) is 5.75 Å². The van der Waals surface area contributed by atoms with Gasteiger partial charge < -0.3 is 10.5 Å². The molecule has 0 unspecified atom stereocenters. The lowest BCUT2D eigenvalue weighted by Gasteiger charge is -2.08. The van der Waals surface area contributed by atoms with Crippen LogP contribution in [0.25, 0.3) is 0 Å². The number of ether oxygens (including phenoxy) is 1. The number of hydrogen-bond acceptors (Lipinski definition) is 3. The predicted octanol–water partition coefficient (Wildman–Crippen LogP) is 4.12. The van der Waals surface area contributed by atoms with Gasteiger partial charge in [-0.15, -0.1) is 0 Å². The van der Waals surface area contributed by atoms with Gasteiger partial charge in [-0.2, -0.15) is 0 Å². The van der Waals surface area contributed by atoms with E-state index in [-0.39, 0.29) is 5.69 Å². The van der Waals surface area contributed by atoms with Gasteiger partial charge in [-0.1, -0.05) is 0 Å². The Morgan fingerprint density at radius 2 is 2.00 bits per heavy atom. The third-order valence-corrected chi connectivity index (χ3v) is 2.95. The Morgan fingerprint density at radius 3 is 2.65 bits per heavy atom. The fraction of sp³-hybridized carbons (Fsp3) is 0. The van der Waals surface area contributed by atoms with Gasteiger partial charge in [0.2, 0.25) is 5.88 Å². The molecule has 2 aromatic rings. The van der Waals surface area contributed by atoms with Crippen LogP contribution >= 0.6 is 31.9 Å². The number of hydrogen-bond donors (Lipinski definition) is 1. The minimum atomic E-state index is -0.405. The van der Waals surface area contributed by atoms with E-state index >= 15 is 0 Å². The van der Waals surface area contributed by atoms with Crippen molar-refractivity contribution in [3.8, 4) is 11.6 Å². The molecular formula is C11H7Br2FN2O. The monoisotopic (exact) mass is 360 g/mol. The van der Waals surface area contributed by atoms with Crippen LogP contribution in [0.2, 0.25) is 0 Å². The number of benzene rings is 1. The van der Waals surface area contributed by atoms with Gasteiger partial charge in [-0.3, -0.25) is 0 Å². The van der Waals surface area contributed by atoms with Gasteiger partial charge in [0.05, 0.1) is 10.2 Å². The molecule has 2 N–H and O–H groups in total. The molecule has 6 heteroatoms. The van der Waals surface area contributed by atoms with E-state index in [0.29, 0.717) is 16.1 Å². The first kappa shape index (κ1) is 12.3. The highest BCUT2D eigenvalue weighted by molar-refractivity contribution is 9.11. The van der Waals surface area contributed by atoms with E-state index in [1.165, 1.54) is 18.2 Å². The fourth-order valence-electron chi connectivity index (χ4n) is 1.19. The van der Waals surface area contributed by atoms with E-state index < -0.39 is 5.82 Å². The van der Waals surface area contributed by atoms with Gasteiger partial charge in [0.25, 0.3) is 0 Å². The van der Waals surface area contributed by atoms with Crippen molar-refractivity contribution in [2.75, 3.05) is 5.73 Å². The standard InChI is InChI=1S/C11H7Br2FN2O/c12-6-3-8(13)11(16-5-6)17-10-2-1-7(14)4-9(10)15/h1-5H,15H2. The van der Waals surface area contributed by atoms with Crippen molar-refractivity contribution in [2.45, 2.75) is 0 Å². The van der Waals surface area contributed by atoms with E-state index in [0.717, 1.165) is 4.47 Å². The molecule has 88 valence electrons. The summed E-state index contributed by atoms with van der Waals surface area (Å²) in [6.07, 6.45) is 1.60. The molecule has 0 bridgehead atoms. The average molecular weight is 362 g/mol. The van der Waals surface area contributed by atoms with Crippen LogP contribution < -0.4 is 10.5 Å². The molecule has 0 aliphatic rings. The van der Waals surface area contributed by atoms with E-state index in [1.54, 1.807) is 12.3 Å². The highest BCUT2D eigenvalue weighted by Crippen LogP contribution is 2.32. The van der Waals surface area contributed by atoms with Crippen molar-refractivity contribution in [3.05, 3.63) is 45.2 Å². The average Bonchev–Trinajstić information content (AvgIpc) is 2.25. The summed E-state index contributed by atoms with van der Waals surface area (Å²) in [5.41, 5.74) is 5.86. The zero-order chi connectivity index (χ0) is 12.4. The fourth-order valence-corrected chi connectivity index (χ4v) is 2.26. The van der Waals surface area contributed by atoms with E-state index in [2.05, 4.69) is 36.8 Å². The first-order valence-electron chi connectivity index (χ1n) is 4.60. The van der Waals surface area contributed by atoms with Gasteiger partial charge in [0.1, 0.15) is 5.82 Å². The molecule has 3 nitrogen and oxygen atoms in total. The molecule has 2 rings (SSSR count). The summed E-state index contributed by atoms with van der Waals surface area (Å²) in [5.74, 6) is 0.325. The Labute approximate surface area is 114 Å². The van der Waals surface area contributed by atoms with Crippen LogP contribution in [0.3, 0.4) is 0 Å². The van der Waals surface area contributed by atoms with Crippen molar-refractivity contribution in [2.24, 2.45) is 0 Å². The molecule has 0 aliphatic heterocycles. The first-order valence-corrected chi connectivity index (χ1v) is 6.19. The summed E-state index contributed by atoms with van der Waals surface area (Å²) in [6, 6.07) is 5.73. The maximum Gasteiger partial charge on any atom is 0.233 e. The zero-order valence-corrected chi connectivity index (χ0v) is 11.6. The zero-order valence-electron chi connectivity index (χ0n) is 8.45. The molecule has 0 fully saturated rings. The van der Waals surface area contributed by atoms with E-state index in [9.17, 15) is 4.39 Å². The minimum Gasteiger partial charge on any atom is -0.436 e. The van der Waals surface area contributed by atoms with Crippen LogP contribution in [0, 0.1) is 5.82 Å². The van der Waals surface area contributed by atoms with Gasteiger partial charge in [-0.25, -0.2) is 9.37 Å². The Bertz CT molecular complexity index is 514. The number of rotatable bonds is 2. The SMILES string of the molecule is Nc1cc(F)ccc1Oc1ncc(Br)cc1Br. The van der Waals surface area contributed by atoms with Crippen LogP contribution in [0.15, 0.2) is 39.4 Å². The second kappa shape index (κ2) is 5.01. The summed E-state index contributed by atoms with van der Waals surface area (Å²) in [4.78, 5) is 4.07. The van der Waals surface area contributed by atoms with Gasteiger partial charge in [-0.05, 0) is 50.1 Å². The van der Waals surface area contributed by atoms with Crippen molar-refractivity contribution in [3.63, 3.8) is 0 Å². The van der Waals surface area contributed by atoms with Gasteiger partial charge >= 0.3 is 0 Å². The summed E-state index contributed by atoms with van der Waals surface area (Å²) in [6.45, 7) is 0. The maximum atomic E-state index is 12.9. The molecule has 0 saturated carbocycles. The molecule has 1 aromatic heterocycles. The number of aromatic nitrogens is 1. The summed E-state index contributed by atoms with van der Waals surface area (Å²) < 4.78 is 19.8. The second-order valence-electron chi connectivity index (χ2n) is 3.22. The maximum absolute atomic E-state index is 12.9. The van der Waals surface area contributed by atoms with Crippen molar-refractivity contribution >= 4 is 37.5 Å². The Hall–Kier alpha value is -1.14. The number of halogens is 3. The minimum absolute atomic E-state index is 0.224. The van der Waals surface area contributed by atoms with Crippen LogP contribution in [0.1, 0.15) is 0 Å². The van der Waals surface area contributed by atoms with Crippen molar-refractivity contribution in [1.29, 1.82) is 0 Å². The van der Waals surface area contributed by atoms with Crippen LogP contribution in [0.4, 0.5) is 10.1 Å². The molecule has 17 heavy (non-hydrogen) atoms. The lowest BCUT2D eigenvalue weighted by molar-refractivity contribution is 0.460. The quantitative estimate of drug-likeness (QED) is 0.818. The number of pyridine rings is 1. The second-order valence-corrected chi connectivity index (χ2v) is 4.99. The molecular weight excluding hydrogens is 355 g/mol. The largest absolute Gasteiger partial charge is 0.436 e. The molecule has 0 aliphatic carbocycles. The molecule has 1 heterocycles. The number of nitrogens with two attached hydrogens (primary N) is 1. The Kier molecular flexibility index (Phi) is 3.63. The molecule has 0 spiro atoms. The molecule has 0 saturated heterocycles. The highest BCUT2D eigenvalue weighted by atomic mass is 79.9. The third kappa shape index (κ3) is 2.95. The first-order chi connectivity index (χ1) is 8.06. The lowest BCUT2D eigenvalue weighted by Crippen LogP contribution is -1.95. The normalized spacial score (nSPS) is 10.3. The highest BCUT2D eigenvalue weighted by Gasteiger charge is 2.08. The number of nitrogen functional groups attached to an aromatic ring is 1. The van der Waals surface area contributed by atoms with E-state index in [4.69, 9.17) is 10.5 Å². The van der Waals surface area contributed by atoms with Gasteiger partial charge in [0, 0.05) is 16.7 Å². The Balaban J connectivity index is 2.31. The lowest BCUT2D eigenvalue weighted by atomic mass is 10.3. The van der Waals surface area contributed by atoms with Crippen LogP contribution in [0.5, 0.6) is 11.6 Å². The van der Waals surface area contributed by atoms with Crippen LogP contribution in [-0.4, -0.2) is 4.98 Å². The summed E-state index contributed by atoms with van der Waals surface area (Å²) in [7, 11) is 0. The molecule has 1 aromatic carbocycles. The van der Waals surface area contributed by atoms with Crippen molar-refractivity contribution < 1.29 is 9.13 Å². The van der Waals surface area contributed by atoms with E-state index in [1.807, 2.05) is 0 Å².